The van der Waals surface area contributed by atoms with Gasteiger partial charge >= 0.3 is 0 Å². The van der Waals surface area contributed by atoms with Crippen LogP contribution in [-0.2, 0) is 18.3 Å². The van der Waals surface area contributed by atoms with Crippen molar-refractivity contribution in [2.45, 2.75) is 19.8 Å². The van der Waals surface area contributed by atoms with Crippen LogP contribution in [0.15, 0.2) is 42.5 Å². The highest BCUT2D eigenvalue weighted by molar-refractivity contribution is 5.94. The standard InChI is InChI=1S/C20H21FN4O2/c1-3-19(26)23-15-7-8-17-16(12-15)24-18(25(17)2)9-10-22-20(27)13-5-4-6-14(21)11-13/h4-8,11-12H,3,9-10H2,1-2H3,(H,22,27)(H,23,26). The first-order chi connectivity index (χ1) is 13.0. The average Bonchev–Trinajstić information content (AvgIpc) is 2.96. The molecule has 0 aliphatic rings. The summed E-state index contributed by atoms with van der Waals surface area (Å²) in [4.78, 5) is 28.2. The van der Waals surface area contributed by atoms with E-state index in [9.17, 15) is 14.0 Å². The van der Waals surface area contributed by atoms with Crippen LogP contribution in [-0.4, -0.2) is 27.9 Å². The van der Waals surface area contributed by atoms with E-state index in [2.05, 4.69) is 15.6 Å². The maximum atomic E-state index is 13.2. The highest BCUT2D eigenvalue weighted by Crippen LogP contribution is 2.20. The molecule has 0 saturated carbocycles. The highest BCUT2D eigenvalue weighted by atomic mass is 19.1. The number of imidazole rings is 1. The number of amides is 2. The number of nitrogens with zero attached hydrogens (tertiary/aromatic N) is 2. The van der Waals surface area contributed by atoms with Gasteiger partial charge in [0, 0.05) is 37.7 Å². The number of rotatable bonds is 6. The normalized spacial score (nSPS) is 10.8. The summed E-state index contributed by atoms with van der Waals surface area (Å²) < 4.78 is 15.2. The monoisotopic (exact) mass is 368 g/mol. The SMILES string of the molecule is CCC(=O)Nc1ccc2c(c1)nc(CCNC(=O)c1cccc(F)c1)n2C. The van der Waals surface area contributed by atoms with Gasteiger partial charge in [-0.05, 0) is 36.4 Å². The number of anilines is 1. The summed E-state index contributed by atoms with van der Waals surface area (Å²) in [5.41, 5.74) is 2.71. The zero-order valence-electron chi connectivity index (χ0n) is 15.3. The second kappa shape index (κ2) is 7.99. The minimum Gasteiger partial charge on any atom is -0.352 e. The first kappa shape index (κ1) is 18.6. The zero-order chi connectivity index (χ0) is 19.4. The second-order valence-corrected chi connectivity index (χ2v) is 6.21. The van der Waals surface area contributed by atoms with Crippen LogP contribution >= 0.6 is 0 Å². The molecule has 0 atom stereocenters. The van der Waals surface area contributed by atoms with Crippen LogP contribution in [0, 0.1) is 5.82 Å². The maximum absolute atomic E-state index is 13.2. The zero-order valence-corrected chi connectivity index (χ0v) is 15.3. The summed E-state index contributed by atoms with van der Waals surface area (Å²) in [6.45, 7) is 2.18. The molecule has 0 saturated heterocycles. The molecule has 0 aliphatic carbocycles. The van der Waals surface area contributed by atoms with Crippen molar-refractivity contribution in [2.75, 3.05) is 11.9 Å². The molecule has 3 rings (SSSR count). The van der Waals surface area contributed by atoms with E-state index >= 15 is 0 Å². The van der Waals surface area contributed by atoms with Crippen LogP contribution in [0.2, 0.25) is 0 Å². The van der Waals surface area contributed by atoms with Gasteiger partial charge in [-0.15, -0.1) is 0 Å². The van der Waals surface area contributed by atoms with Crippen molar-refractivity contribution in [1.82, 2.24) is 14.9 Å². The fourth-order valence-electron chi connectivity index (χ4n) is 2.82. The highest BCUT2D eigenvalue weighted by Gasteiger charge is 2.11. The van der Waals surface area contributed by atoms with Gasteiger partial charge in [0.15, 0.2) is 0 Å². The third-order valence-corrected chi connectivity index (χ3v) is 4.30. The van der Waals surface area contributed by atoms with Crippen molar-refractivity contribution in [1.29, 1.82) is 0 Å². The lowest BCUT2D eigenvalue weighted by atomic mass is 10.2. The number of fused-ring (bicyclic) bond motifs is 1. The number of nitrogens with one attached hydrogen (secondary N) is 2. The van der Waals surface area contributed by atoms with Gasteiger partial charge in [-0.3, -0.25) is 9.59 Å². The lowest BCUT2D eigenvalue weighted by Crippen LogP contribution is -2.26. The third kappa shape index (κ3) is 4.31. The number of aryl methyl sites for hydroxylation is 1. The molecular weight excluding hydrogens is 347 g/mol. The van der Waals surface area contributed by atoms with Gasteiger partial charge in [0.2, 0.25) is 5.91 Å². The predicted octanol–water partition coefficient (Wildman–Crippen LogP) is 3.03. The van der Waals surface area contributed by atoms with Crippen molar-refractivity contribution in [3.8, 4) is 0 Å². The molecule has 0 fully saturated rings. The van der Waals surface area contributed by atoms with Crippen molar-refractivity contribution < 1.29 is 14.0 Å². The summed E-state index contributed by atoms with van der Waals surface area (Å²) in [7, 11) is 1.91. The maximum Gasteiger partial charge on any atom is 0.251 e. The fourth-order valence-corrected chi connectivity index (χ4v) is 2.82. The van der Waals surface area contributed by atoms with Crippen LogP contribution in [0.4, 0.5) is 10.1 Å². The molecule has 6 nitrogen and oxygen atoms in total. The Hall–Kier alpha value is -3.22. The minimum atomic E-state index is -0.441. The van der Waals surface area contributed by atoms with Crippen LogP contribution in [0.1, 0.15) is 29.5 Å². The van der Waals surface area contributed by atoms with Crippen molar-refractivity contribution >= 4 is 28.5 Å². The molecule has 140 valence electrons. The number of hydrogen-bond donors (Lipinski definition) is 2. The Morgan fingerprint density at radius 2 is 2.00 bits per heavy atom. The molecule has 3 aromatic rings. The van der Waals surface area contributed by atoms with Crippen LogP contribution in [0.5, 0.6) is 0 Å². The summed E-state index contributed by atoms with van der Waals surface area (Å²) >= 11 is 0. The number of halogens is 1. The van der Waals surface area contributed by atoms with Crippen LogP contribution in [0.25, 0.3) is 11.0 Å². The fraction of sp³-hybridized carbons (Fsp3) is 0.250. The Kier molecular flexibility index (Phi) is 5.49. The molecule has 7 heteroatoms. The molecule has 27 heavy (non-hydrogen) atoms. The molecule has 2 N–H and O–H groups in total. The molecular formula is C20H21FN4O2. The number of aromatic nitrogens is 2. The molecule has 0 unspecified atom stereocenters. The molecule has 0 radical (unpaired) electrons. The van der Waals surface area contributed by atoms with E-state index < -0.39 is 5.82 Å². The molecule has 2 amide bonds. The summed E-state index contributed by atoms with van der Waals surface area (Å²) in [5.74, 6) is -0.00382. The topological polar surface area (TPSA) is 76.0 Å². The van der Waals surface area contributed by atoms with Gasteiger partial charge in [-0.25, -0.2) is 9.37 Å². The van der Waals surface area contributed by atoms with E-state index in [1.807, 2.05) is 29.8 Å². The van der Waals surface area contributed by atoms with Crippen LogP contribution < -0.4 is 10.6 Å². The number of benzene rings is 2. The summed E-state index contributed by atoms with van der Waals surface area (Å²) in [6, 6.07) is 11.2. The first-order valence-corrected chi connectivity index (χ1v) is 8.77. The number of carbonyl (C=O) groups is 2. The van der Waals surface area contributed by atoms with Gasteiger partial charge in [0.1, 0.15) is 11.6 Å². The van der Waals surface area contributed by atoms with Crippen molar-refractivity contribution in [2.24, 2.45) is 7.05 Å². The van der Waals surface area contributed by atoms with Crippen molar-refractivity contribution in [3.63, 3.8) is 0 Å². The van der Waals surface area contributed by atoms with E-state index in [1.165, 1.54) is 18.2 Å². The first-order valence-electron chi connectivity index (χ1n) is 8.77. The Morgan fingerprint density at radius 1 is 1.19 bits per heavy atom. The second-order valence-electron chi connectivity index (χ2n) is 6.21. The van der Waals surface area contributed by atoms with E-state index in [4.69, 9.17) is 0 Å². The van der Waals surface area contributed by atoms with E-state index in [-0.39, 0.29) is 17.4 Å². The van der Waals surface area contributed by atoms with Gasteiger partial charge < -0.3 is 15.2 Å². The number of carbonyl (C=O) groups excluding carboxylic acids is 2. The van der Waals surface area contributed by atoms with Gasteiger partial charge in [-0.1, -0.05) is 13.0 Å². The lowest BCUT2D eigenvalue weighted by molar-refractivity contribution is -0.115. The Balaban J connectivity index is 1.67. The van der Waals surface area contributed by atoms with Crippen LogP contribution in [0.3, 0.4) is 0 Å². The molecule has 1 aromatic heterocycles. The smallest absolute Gasteiger partial charge is 0.251 e. The Morgan fingerprint density at radius 3 is 2.74 bits per heavy atom. The quantitative estimate of drug-likeness (QED) is 0.702. The predicted molar refractivity (Wildman–Crippen MR) is 102 cm³/mol. The average molecular weight is 368 g/mol. The number of hydrogen-bond acceptors (Lipinski definition) is 3. The Bertz CT molecular complexity index is 997. The van der Waals surface area contributed by atoms with E-state index in [1.54, 1.807) is 13.0 Å². The lowest BCUT2D eigenvalue weighted by Gasteiger charge is -2.06. The van der Waals surface area contributed by atoms with E-state index in [0.29, 0.717) is 25.1 Å². The largest absolute Gasteiger partial charge is 0.352 e. The summed E-state index contributed by atoms with van der Waals surface area (Å²) in [6.07, 6.45) is 0.944. The van der Waals surface area contributed by atoms with Gasteiger partial charge in [0.05, 0.1) is 11.0 Å². The third-order valence-electron chi connectivity index (χ3n) is 4.30. The van der Waals surface area contributed by atoms with Crippen molar-refractivity contribution in [3.05, 3.63) is 59.7 Å². The minimum absolute atomic E-state index is 0.0504. The molecule has 0 spiro atoms. The molecule has 2 aromatic carbocycles. The van der Waals surface area contributed by atoms with E-state index in [0.717, 1.165) is 16.9 Å². The summed E-state index contributed by atoms with van der Waals surface area (Å²) in [5, 5.41) is 5.59. The van der Waals surface area contributed by atoms with Gasteiger partial charge in [0.25, 0.3) is 5.91 Å². The molecule has 0 aliphatic heterocycles. The van der Waals surface area contributed by atoms with Gasteiger partial charge in [-0.2, -0.15) is 0 Å². The Labute approximate surface area is 156 Å². The molecule has 1 heterocycles. The molecule has 0 bridgehead atoms.